The van der Waals surface area contributed by atoms with Gasteiger partial charge >= 0.3 is 27.2 Å². The highest BCUT2D eigenvalue weighted by atomic mass is 27.3. The molecule has 5 aliphatic rings. The second-order valence-electron chi connectivity index (χ2n) is 18.9. The molecule has 7 rings (SSSR count). The second kappa shape index (κ2) is 24.6. The fraction of sp³-hybridized carbons (Fsp3) is 0.562. The Morgan fingerprint density at radius 2 is 1.47 bits per heavy atom. The van der Waals surface area contributed by atoms with Crippen molar-refractivity contribution < 1.29 is 68.8 Å². The monoisotopic (exact) mass is 1020 g/mol. The van der Waals surface area contributed by atoms with E-state index in [4.69, 9.17) is 17.1 Å². The molecule has 2 aromatic rings. The number of benzene rings is 2. The molecule has 5 aliphatic heterocycles. The quantitative estimate of drug-likeness (QED) is 0.0976. The fourth-order valence-corrected chi connectivity index (χ4v) is 10.3. The van der Waals surface area contributed by atoms with Gasteiger partial charge in [0, 0.05) is 65.8 Å². The van der Waals surface area contributed by atoms with E-state index in [0.717, 1.165) is 16.7 Å². The Morgan fingerprint density at radius 1 is 0.833 bits per heavy atom. The number of aliphatic carboxylic acids is 1. The minimum absolute atomic E-state index is 0.102. The van der Waals surface area contributed by atoms with E-state index in [9.17, 15) is 51.8 Å². The molecule has 72 heavy (non-hydrogen) atoms. The molecule has 3 fully saturated rings. The van der Waals surface area contributed by atoms with Gasteiger partial charge in [-0.1, -0.05) is 62.7 Å². The molecule has 0 radical (unpaired) electrons. The first kappa shape index (κ1) is 53.8. The number of hydrogen-bond acceptors (Lipinski definition) is 16. The number of fused-ring (bicyclic) bond motifs is 3. The number of nitrogens with one attached hydrogen (secondary N) is 4. The first-order valence-electron chi connectivity index (χ1n) is 24.3. The van der Waals surface area contributed by atoms with Crippen LogP contribution in [-0.4, -0.2) is 184 Å². The maximum absolute atomic E-state index is 14.4. The molecule has 9 atom stereocenters. The van der Waals surface area contributed by atoms with Gasteiger partial charge < -0.3 is 46.9 Å². The number of methoxy groups -OCH3 is 1. The Kier molecular flexibility index (Phi) is 18.4. The highest BCUT2D eigenvalue weighted by Gasteiger charge is 2.47. The van der Waals surface area contributed by atoms with E-state index in [2.05, 4.69) is 26.2 Å². The summed E-state index contributed by atoms with van der Waals surface area (Å²) in [6, 6.07) is 7.43. The van der Waals surface area contributed by atoms with E-state index < -0.39 is 111 Å². The maximum Gasteiger partial charge on any atom is 1.15 e. The zero-order valence-corrected chi connectivity index (χ0v) is 41.8. The number of esters is 1. The van der Waals surface area contributed by atoms with Gasteiger partial charge in [-0.2, -0.15) is 0 Å². The molecule has 388 valence electrons. The molecule has 5 heterocycles. The Hall–Kier alpha value is -6.03. The summed E-state index contributed by atoms with van der Waals surface area (Å²) >= 11 is -3.91. The number of carboxylic acid groups (broad SMARTS) is 1. The molecule has 24 heteroatoms. The van der Waals surface area contributed by atoms with Gasteiger partial charge in [0.2, 0.25) is 35.8 Å². The van der Waals surface area contributed by atoms with Crippen LogP contribution in [-0.2, 0) is 86.0 Å². The third-order valence-corrected chi connectivity index (χ3v) is 14.7. The minimum Gasteiger partial charge on any atom is -0.558 e. The van der Waals surface area contributed by atoms with Gasteiger partial charge in [-0.25, -0.2) is 4.79 Å². The second-order valence-corrected chi connectivity index (χ2v) is 19.9. The summed E-state index contributed by atoms with van der Waals surface area (Å²) in [5.41, 5.74) is 3.74. The lowest BCUT2D eigenvalue weighted by Gasteiger charge is -2.30. The van der Waals surface area contributed by atoms with Crippen molar-refractivity contribution in [3.8, 4) is 0 Å². The van der Waals surface area contributed by atoms with Gasteiger partial charge in [0.05, 0.1) is 31.6 Å². The number of carbonyl (C=O) groups excluding carboxylic acids is 8. The molecular formula is C48H62AlFN8O14. The number of hydrogen-bond donors (Lipinski definition) is 5. The van der Waals surface area contributed by atoms with Crippen molar-refractivity contribution in [3.63, 3.8) is 0 Å². The first-order valence-corrected chi connectivity index (χ1v) is 25.7. The van der Waals surface area contributed by atoms with Crippen molar-refractivity contribution in [3.05, 3.63) is 64.7 Å². The van der Waals surface area contributed by atoms with Crippen LogP contribution in [0.4, 0.5) is 9.21 Å². The van der Waals surface area contributed by atoms with Crippen LogP contribution in [0.15, 0.2) is 42.5 Å². The maximum atomic E-state index is 14.4. The summed E-state index contributed by atoms with van der Waals surface area (Å²) in [5.74, 6) is -6.73. The van der Waals surface area contributed by atoms with Gasteiger partial charge in [-0.3, -0.25) is 58.0 Å². The lowest BCUT2D eigenvalue weighted by atomic mass is 9.96. The molecular weight excluding hydrogens is 959 g/mol. The van der Waals surface area contributed by atoms with Crippen molar-refractivity contribution in [1.82, 2.24) is 36.0 Å². The highest BCUT2D eigenvalue weighted by Crippen LogP contribution is 2.39. The van der Waals surface area contributed by atoms with Crippen LogP contribution in [0.25, 0.3) is 0 Å². The molecule has 3 saturated heterocycles. The predicted octanol–water partition coefficient (Wildman–Crippen LogP) is -0.623. The third-order valence-electron chi connectivity index (χ3n) is 13.8. The average Bonchev–Trinajstić information content (AvgIpc) is 3.89. The Bertz CT molecular complexity index is 2350. The Labute approximate surface area is 421 Å². The molecule has 22 nitrogen and oxygen atoms in total. The molecule has 5 amide bonds. The van der Waals surface area contributed by atoms with Crippen LogP contribution in [0.3, 0.4) is 0 Å². The van der Waals surface area contributed by atoms with Crippen molar-refractivity contribution in [1.29, 1.82) is 0 Å². The van der Waals surface area contributed by atoms with E-state index in [1.54, 1.807) is 19.1 Å². The van der Waals surface area contributed by atoms with Gasteiger partial charge in [0.25, 0.3) is 11.9 Å². The zero-order valence-electron chi connectivity index (χ0n) is 40.6. The van der Waals surface area contributed by atoms with E-state index in [0.29, 0.717) is 69.9 Å². The number of halogens is 1. The first-order chi connectivity index (χ1) is 34.5. The van der Waals surface area contributed by atoms with E-state index >= 15 is 0 Å². The van der Waals surface area contributed by atoms with E-state index in [1.165, 1.54) is 12.0 Å². The number of para-hydroxylation sites is 1. The smallest absolute Gasteiger partial charge is 0.558 e. The fourth-order valence-electron chi connectivity index (χ4n) is 9.64. The van der Waals surface area contributed by atoms with Gasteiger partial charge in [0.15, 0.2) is 0 Å². The standard InChI is InChI=1S/C48H64N8O14.Al.FH/c1-4-28(2)42(45(65)50-33-13-12-31-6-5-7-32-23-36(56(43(31)32)46(33)66)44(64)51-35-24-41(63)70-48(35)69-3)52-37(57)15-14-34(47(67)68)49-38(58)22-29-8-10-30(11-9-29)25-53-16-18-54(26-39(59)60)20-21-55(19-17-53)27-40(61)62;;/h5-11,28,33-36,42,48H,4,12-27H2,1-3H3,(H,49,58)(H,50,65)(H,51,64)(H,52,57)(H,59,60)(H,61,62)(H,67,68);;1H/q;+3;/p-3/t28-,33-,34-,35?,36-,42-,48?;;/m0../s1. The molecule has 4 unspecified atom stereocenters. The lowest BCUT2D eigenvalue weighted by Crippen LogP contribution is -2.59. The number of nitrogens with zero attached hydrogens (tertiary/aromatic N) is 4. The van der Waals surface area contributed by atoms with Crippen LogP contribution in [0, 0.1) is 5.92 Å². The summed E-state index contributed by atoms with van der Waals surface area (Å²) in [5, 5.41) is 20.9. The summed E-state index contributed by atoms with van der Waals surface area (Å²) in [6.07, 6.45) is -0.574. The largest absolute Gasteiger partial charge is 1.15 e. The molecule has 0 saturated carbocycles. The average molecular weight is 1020 g/mol. The summed E-state index contributed by atoms with van der Waals surface area (Å²) in [6.45, 7) is 6.94. The molecule has 2 aromatic carbocycles. The number of aryl methyl sites for hydroxylation is 1. The van der Waals surface area contributed by atoms with Gasteiger partial charge in [-0.05, 0) is 47.4 Å². The number of anilines is 1. The number of rotatable bonds is 17. The highest BCUT2D eigenvalue weighted by molar-refractivity contribution is 6.41. The number of carbonyl (C=O) groups is 9. The van der Waals surface area contributed by atoms with Gasteiger partial charge in [-0.15, -0.1) is 0 Å². The van der Waals surface area contributed by atoms with Crippen LogP contribution < -0.4 is 26.2 Å². The molecule has 0 aliphatic carbocycles. The summed E-state index contributed by atoms with van der Waals surface area (Å²) < 4.78 is 33.9. The zero-order chi connectivity index (χ0) is 51.6. The topological polar surface area (TPSA) is 272 Å². The van der Waals surface area contributed by atoms with Crippen molar-refractivity contribution >= 4 is 74.4 Å². The third kappa shape index (κ3) is 13.9. The van der Waals surface area contributed by atoms with Crippen molar-refractivity contribution in [2.75, 3.05) is 64.4 Å². The van der Waals surface area contributed by atoms with Crippen LogP contribution >= 0.6 is 0 Å². The van der Waals surface area contributed by atoms with Crippen LogP contribution in [0.2, 0.25) is 0 Å². The van der Waals surface area contributed by atoms with Crippen molar-refractivity contribution in [2.45, 2.75) is 108 Å². The summed E-state index contributed by atoms with van der Waals surface area (Å²) in [7, 11) is 1.35. The summed E-state index contributed by atoms with van der Waals surface area (Å²) in [4.78, 5) is 125. The van der Waals surface area contributed by atoms with E-state index in [1.807, 2.05) is 47.1 Å². The Balaban J connectivity index is 0.908. The van der Waals surface area contributed by atoms with Crippen LogP contribution in [0.5, 0.6) is 0 Å². The van der Waals surface area contributed by atoms with Crippen molar-refractivity contribution in [2.24, 2.45) is 5.92 Å². The Morgan fingerprint density at radius 3 is 2.11 bits per heavy atom. The van der Waals surface area contributed by atoms with E-state index in [-0.39, 0.29) is 51.6 Å². The number of ether oxygens (including phenoxy) is 2. The SMILES string of the molecule is CC[C@H](C)[C@H](NC(=O)CC[C@H](NC(=O)Cc1ccc(CN2CCN3CCN(CC2)CC(=O)[O][Al]([F])[O]C(=O)C3)cc1)C(=O)O)C(=O)N[C@H]1CCc2cccc3c2N(C1=O)[C@H](C(=O)NC1CC(=O)OC1OC)C3. The number of amides is 5. The predicted molar refractivity (Wildman–Crippen MR) is 253 cm³/mol. The van der Waals surface area contributed by atoms with Crippen LogP contribution in [0.1, 0.15) is 68.2 Å². The minimum atomic E-state index is -3.91. The molecule has 2 bridgehead atoms. The van der Waals surface area contributed by atoms with Gasteiger partial charge in [0.1, 0.15) is 30.2 Å². The number of carboxylic acids is 1. The lowest BCUT2D eigenvalue weighted by molar-refractivity contribution is -0.160. The normalized spacial score (nSPS) is 24.8. The molecule has 5 N–H and O–H groups in total. The number of cyclic esters (lactones) is 1. The molecule has 0 aromatic heterocycles. The molecule has 0 spiro atoms.